The summed E-state index contributed by atoms with van der Waals surface area (Å²) in [5.41, 5.74) is 0.558. The molecule has 4 nitrogen and oxygen atoms in total. The van der Waals surface area contributed by atoms with Gasteiger partial charge in [0.1, 0.15) is 5.82 Å². The Hall–Kier alpha value is -1.84. The van der Waals surface area contributed by atoms with Gasteiger partial charge in [-0.25, -0.2) is 9.89 Å². The first-order valence-corrected chi connectivity index (χ1v) is 4.81. The quantitative estimate of drug-likeness (QED) is 0.775. The maximum atomic E-state index is 11.0. The van der Waals surface area contributed by atoms with Gasteiger partial charge in [0.25, 0.3) is 0 Å². The molecule has 2 aromatic rings. The SMILES string of the molecule is CC(C)(c1ccccc1)c1n[nH]c(=O)[nH]1. The van der Waals surface area contributed by atoms with Crippen molar-refractivity contribution in [2.24, 2.45) is 0 Å². The van der Waals surface area contributed by atoms with Crippen LogP contribution >= 0.6 is 0 Å². The van der Waals surface area contributed by atoms with E-state index in [1.54, 1.807) is 0 Å². The van der Waals surface area contributed by atoms with Gasteiger partial charge in [-0.1, -0.05) is 30.3 Å². The van der Waals surface area contributed by atoms with Crippen LogP contribution in [0.4, 0.5) is 0 Å². The van der Waals surface area contributed by atoms with Gasteiger partial charge in [0.05, 0.1) is 0 Å². The van der Waals surface area contributed by atoms with Crippen molar-refractivity contribution in [2.45, 2.75) is 19.3 Å². The molecular weight excluding hydrogens is 190 g/mol. The summed E-state index contributed by atoms with van der Waals surface area (Å²) in [7, 11) is 0. The van der Waals surface area contributed by atoms with Crippen LogP contribution in [0.2, 0.25) is 0 Å². The van der Waals surface area contributed by atoms with Crippen LogP contribution in [-0.2, 0) is 5.41 Å². The highest BCUT2D eigenvalue weighted by Gasteiger charge is 2.26. The summed E-state index contributed by atoms with van der Waals surface area (Å²) in [5.74, 6) is 0.652. The summed E-state index contributed by atoms with van der Waals surface area (Å²) in [5, 5.41) is 6.35. The van der Waals surface area contributed by atoms with Gasteiger partial charge >= 0.3 is 5.69 Å². The van der Waals surface area contributed by atoms with Crippen LogP contribution in [0.3, 0.4) is 0 Å². The van der Waals surface area contributed by atoms with Gasteiger partial charge < -0.3 is 0 Å². The van der Waals surface area contributed by atoms with Gasteiger partial charge in [0.2, 0.25) is 0 Å². The Morgan fingerprint density at radius 2 is 1.87 bits per heavy atom. The number of hydrogen-bond donors (Lipinski definition) is 2. The zero-order valence-corrected chi connectivity index (χ0v) is 8.74. The molecular formula is C11H13N3O. The normalized spacial score (nSPS) is 11.6. The lowest BCUT2D eigenvalue weighted by molar-refractivity contribution is 0.593. The number of nitrogens with zero attached hydrogens (tertiary/aromatic N) is 1. The fraction of sp³-hybridized carbons (Fsp3) is 0.273. The number of benzene rings is 1. The van der Waals surface area contributed by atoms with Crippen LogP contribution in [0, 0.1) is 0 Å². The van der Waals surface area contributed by atoms with Crippen molar-refractivity contribution in [2.75, 3.05) is 0 Å². The van der Waals surface area contributed by atoms with Gasteiger partial charge in [-0.2, -0.15) is 5.10 Å². The molecule has 1 heterocycles. The van der Waals surface area contributed by atoms with Crippen molar-refractivity contribution in [1.82, 2.24) is 15.2 Å². The zero-order chi connectivity index (χ0) is 10.9. The fourth-order valence-electron chi connectivity index (χ4n) is 1.56. The van der Waals surface area contributed by atoms with Crippen LogP contribution in [0.5, 0.6) is 0 Å². The first-order valence-electron chi connectivity index (χ1n) is 4.81. The summed E-state index contributed by atoms with van der Waals surface area (Å²) >= 11 is 0. The van der Waals surface area contributed by atoms with Crippen LogP contribution in [0.15, 0.2) is 35.1 Å². The van der Waals surface area contributed by atoms with Crippen LogP contribution in [-0.4, -0.2) is 15.2 Å². The lowest BCUT2D eigenvalue weighted by atomic mass is 9.84. The van der Waals surface area contributed by atoms with Crippen molar-refractivity contribution in [1.29, 1.82) is 0 Å². The van der Waals surface area contributed by atoms with Gasteiger partial charge in [0, 0.05) is 5.41 Å². The third-order valence-electron chi connectivity index (χ3n) is 2.59. The Morgan fingerprint density at radius 3 is 2.40 bits per heavy atom. The summed E-state index contributed by atoms with van der Waals surface area (Å²) in [6.45, 7) is 4.04. The van der Waals surface area contributed by atoms with Crippen LogP contribution < -0.4 is 5.69 Å². The number of aromatic nitrogens is 3. The van der Waals surface area contributed by atoms with Crippen molar-refractivity contribution in [3.8, 4) is 0 Å². The molecule has 0 saturated heterocycles. The second-order valence-corrected chi connectivity index (χ2v) is 4.02. The van der Waals surface area contributed by atoms with E-state index < -0.39 is 0 Å². The van der Waals surface area contributed by atoms with Gasteiger partial charge in [-0.3, -0.25) is 4.98 Å². The second kappa shape index (κ2) is 3.38. The summed E-state index contributed by atoms with van der Waals surface area (Å²) in [4.78, 5) is 13.7. The fourth-order valence-corrected chi connectivity index (χ4v) is 1.56. The molecule has 0 bridgehead atoms. The molecule has 2 rings (SSSR count). The molecule has 0 aliphatic rings. The Balaban J connectivity index is 2.48. The molecule has 1 aromatic carbocycles. The molecule has 0 unspecified atom stereocenters. The number of hydrogen-bond acceptors (Lipinski definition) is 2. The standard InChI is InChI=1S/C11H13N3O/c1-11(2,8-6-4-3-5-7-8)9-12-10(15)14-13-9/h3-7H,1-2H3,(H2,12,13,14,15). The molecule has 0 aliphatic carbocycles. The highest BCUT2D eigenvalue weighted by Crippen LogP contribution is 2.27. The van der Waals surface area contributed by atoms with Gasteiger partial charge in [-0.15, -0.1) is 0 Å². The van der Waals surface area contributed by atoms with E-state index in [0.717, 1.165) is 5.56 Å². The molecule has 1 aromatic heterocycles. The Labute approximate surface area is 87.4 Å². The molecule has 15 heavy (non-hydrogen) atoms. The van der Waals surface area contributed by atoms with E-state index in [1.807, 2.05) is 44.2 Å². The first-order chi connectivity index (χ1) is 7.10. The van der Waals surface area contributed by atoms with Gasteiger partial charge in [0.15, 0.2) is 0 Å². The maximum Gasteiger partial charge on any atom is 0.340 e. The predicted molar refractivity (Wildman–Crippen MR) is 57.8 cm³/mol. The Bertz CT molecular complexity index is 496. The zero-order valence-electron chi connectivity index (χ0n) is 8.74. The molecule has 0 fully saturated rings. The summed E-state index contributed by atoms with van der Waals surface area (Å²) < 4.78 is 0. The summed E-state index contributed by atoms with van der Waals surface area (Å²) in [6.07, 6.45) is 0. The van der Waals surface area contributed by atoms with E-state index in [-0.39, 0.29) is 11.1 Å². The van der Waals surface area contributed by atoms with E-state index >= 15 is 0 Å². The Kier molecular flexibility index (Phi) is 2.19. The van der Waals surface area contributed by atoms with Crippen molar-refractivity contribution in [3.63, 3.8) is 0 Å². The minimum atomic E-state index is -0.291. The highest BCUT2D eigenvalue weighted by molar-refractivity contribution is 5.29. The lowest BCUT2D eigenvalue weighted by Crippen LogP contribution is -2.21. The third kappa shape index (κ3) is 1.70. The molecule has 0 amide bonds. The van der Waals surface area contributed by atoms with Crippen LogP contribution in [0.25, 0.3) is 0 Å². The second-order valence-electron chi connectivity index (χ2n) is 4.02. The number of aromatic amines is 2. The largest absolute Gasteiger partial charge is 0.340 e. The molecule has 0 aliphatic heterocycles. The first kappa shape index (κ1) is 9.71. The Morgan fingerprint density at radius 1 is 1.20 bits per heavy atom. The molecule has 2 N–H and O–H groups in total. The smallest absolute Gasteiger partial charge is 0.292 e. The van der Waals surface area contributed by atoms with Crippen LogP contribution in [0.1, 0.15) is 25.2 Å². The lowest BCUT2D eigenvalue weighted by Gasteiger charge is -2.21. The van der Waals surface area contributed by atoms with Crippen molar-refractivity contribution < 1.29 is 0 Å². The van der Waals surface area contributed by atoms with Crippen molar-refractivity contribution in [3.05, 3.63) is 52.2 Å². The van der Waals surface area contributed by atoms with E-state index in [1.165, 1.54) is 0 Å². The van der Waals surface area contributed by atoms with E-state index in [0.29, 0.717) is 5.82 Å². The molecule has 0 radical (unpaired) electrons. The molecule has 78 valence electrons. The molecule has 0 spiro atoms. The average molecular weight is 203 g/mol. The number of H-pyrrole nitrogens is 2. The van der Waals surface area contributed by atoms with Gasteiger partial charge in [-0.05, 0) is 19.4 Å². The van der Waals surface area contributed by atoms with Crippen molar-refractivity contribution >= 4 is 0 Å². The summed E-state index contributed by atoms with van der Waals surface area (Å²) in [6, 6.07) is 9.95. The molecule has 0 atom stereocenters. The van der Waals surface area contributed by atoms with E-state index in [2.05, 4.69) is 15.2 Å². The van der Waals surface area contributed by atoms with E-state index in [4.69, 9.17) is 0 Å². The average Bonchev–Trinajstić information content (AvgIpc) is 2.67. The highest BCUT2D eigenvalue weighted by atomic mass is 16.1. The minimum Gasteiger partial charge on any atom is -0.292 e. The monoisotopic (exact) mass is 203 g/mol. The predicted octanol–water partition coefficient (Wildman–Crippen LogP) is 1.42. The molecule has 4 heteroatoms. The number of rotatable bonds is 2. The third-order valence-corrected chi connectivity index (χ3v) is 2.59. The number of nitrogens with one attached hydrogen (secondary N) is 2. The maximum absolute atomic E-state index is 11.0. The minimum absolute atomic E-state index is 0.269. The molecule has 0 saturated carbocycles. The topological polar surface area (TPSA) is 61.5 Å². The van der Waals surface area contributed by atoms with E-state index in [9.17, 15) is 4.79 Å².